The molecule has 5 fully saturated rings. The number of benzene rings is 3. The maximum absolute atomic E-state index is 14.1. The van der Waals surface area contributed by atoms with Crippen LogP contribution in [0.15, 0.2) is 72.8 Å². The van der Waals surface area contributed by atoms with Crippen molar-refractivity contribution < 1.29 is 38.2 Å². The topological polar surface area (TPSA) is 179 Å². The highest BCUT2D eigenvalue weighted by Gasteiger charge is 2.54. The molecule has 3 heterocycles. The molecule has 3 aromatic rings. The third kappa shape index (κ3) is 10.0. The van der Waals surface area contributed by atoms with Gasteiger partial charge in [0.2, 0.25) is 23.6 Å². The van der Waals surface area contributed by atoms with E-state index in [1.807, 2.05) is 52.0 Å². The third-order valence-electron chi connectivity index (χ3n) is 15.5. The van der Waals surface area contributed by atoms with E-state index in [4.69, 9.17) is 9.47 Å². The van der Waals surface area contributed by atoms with Gasteiger partial charge in [0.05, 0.1) is 26.3 Å². The monoisotopic (exact) mass is 946 g/mol. The predicted octanol–water partition coefficient (Wildman–Crippen LogP) is 8.46. The number of fused-ring (bicyclic) bond motifs is 4. The van der Waals surface area contributed by atoms with Crippen LogP contribution in [0.1, 0.15) is 129 Å². The van der Waals surface area contributed by atoms with Gasteiger partial charge >= 0.3 is 12.2 Å². The molecule has 10 atom stereocenters. The Morgan fingerprint density at radius 1 is 0.551 bits per heavy atom. The number of amides is 6. The van der Waals surface area contributed by atoms with Gasteiger partial charge in [0.25, 0.3) is 0 Å². The van der Waals surface area contributed by atoms with E-state index in [2.05, 4.69) is 95.5 Å². The molecule has 370 valence electrons. The summed E-state index contributed by atoms with van der Waals surface area (Å²) in [7, 11) is 2.54. The van der Waals surface area contributed by atoms with Crippen molar-refractivity contribution in [2.24, 2.45) is 23.7 Å². The second-order valence-electron chi connectivity index (χ2n) is 21.6. The number of anilines is 3. The smallest absolute Gasteiger partial charge is 0.407 e. The van der Waals surface area contributed by atoms with E-state index in [1.165, 1.54) is 19.8 Å². The zero-order chi connectivity index (χ0) is 49.5. The largest absolute Gasteiger partial charge is 0.453 e. The summed E-state index contributed by atoms with van der Waals surface area (Å²) in [6.45, 7) is 14.1. The number of methoxy groups -OCH3 is 2. The second-order valence-corrected chi connectivity index (χ2v) is 21.6. The van der Waals surface area contributed by atoms with Crippen molar-refractivity contribution in [2.75, 3.05) is 29.8 Å². The zero-order valence-corrected chi connectivity index (χ0v) is 41.6. The maximum Gasteiger partial charge on any atom is 0.407 e. The van der Waals surface area contributed by atoms with Crippen molar-refractivity contribution in [1.29, 1.82) is 0 Å². The van der Waals surface area contributed by atoms with E-state index < -0.39 is 36.4 Å². The van der Waals surface area contributed by atoms with Crippen LogP contribution >= 0.6 is 0 Å². The van der Waals surface area contributed by atoms with Gasteiger partial charge in [0, 0.05) is 29.1 Å². The molecule has 4 bridgehead atoms. The first-order valence-electron chi connectivity index (χ1n) is 24.9. The first-order chi connectivity index (χ1) is 32.9. The Kier molecular flexibility index (Phi) is 14.3. The molecule has 15 heteroatoms. The SMILES string of the molecule is COC(=O)N[C@H](C(=O)N1C2CCC(C2)[C@H]1C(=O)Nc1ccc([C@@H]2CC[C@@H](c3ccc(NC(=O)[C@@H]4C5CCC(C5)N4C(=O)[C@@H](NC(=O)OC)C(C)C)cc3)N2c2ccc(C(C)(C)C)cc2)cc1)C(C)C. The molecule has 0 spiro atoms. The normalized spacial score (nSPS) is 25.7. The van der Waals surface area contributed by atoms with Crippen LogP contribution in [-0.4, -0.2) is 96.1 Å². The summed E-state index contributed by atoms with van der Waals surface area (Å²) in [5, 5.41) is 11.7. The number of nitrogens with zero attached hydrogens (tertiary/aromatic N) is 3. The summed E-state index contributed by atoms with van der Waals surface area (Å²) in [5.74, 6) is -1.26. The maximum atomic E-state index is 14.1. The number of carbonyl (C=O) groups excluding carboxylic acids is 6. The highest BCUT2D eigenvalue weighted by molar-refractivity contribution is 6.00. The number of hydrogen-bond acceptors (Lipinski definition) is 9. The highest BCUT2D eigenvalue weighted by atomic mass is 16.5. The van der Waals surface area contributed by atoms with Crippen molar-refractivity contribution in [3.05, 3.63) is 89.5 Å². The fraction of sp³-hybridized carbons (Fsp3) is 0.556. The van der Waals surface area contributed by atoms with Crippen LogP contribution in [0.4, 0.5) is 26.7 Å². The Morgan fingerprint density at radius 2 is 0.942 bits per heavy atom. The minimum atomic E-state index is -0.808. The highest BCUT2D eigenvalue weighted by Crippen LogP contribution is 2.49. The Bertz CT molecular complexity index is 2240. The van der Waals surface area contributed by atoms with Gasteiger partial charge in [-0.15, -0.1) is 0 Å². The molecular formula is C54H71N7O8. The number of carbonyl (C=O) groups is 6. The molecule has 4 N–H and O–H groups in total. The molecule has 2 aliphatic carbocycles. The van der Waals surface area contributed by atoms with Crippen LogP contribution in [0.3, 0.4) is 0 Å². The average Bonchev–Trinajstić information content (AvgIpc) is 4.20. The van der Waals surface area contributed by atoms with Crippen LogP contribution in [0.2, 0.25) is 0 Å². The summed E-state index contributed by atoms with van der Waals surface area (Å²) in [5.41, 5.74) is 5.83. The molecular weight excluding hydrogens is 875 g/mol. The number of piperidine rings is 2. The first kappa shape index (κ1) is 49.3. The molecule has 2 saturated carbocycles. The second kappa shape index (κ2) is 20.1. The first-order valence-corrected chi connectivity index (χ1v) is 24.9. The van der Waals surface area contributed by atoms with Gasteiger partial charge in [-0.2, -0.15) is 0 Å². The minimum absolute atomic E-state index is 0.0141. The summed E-state index contributed by atoms with van der Waals surface area (Å²) < 4.78 is 9.62. The van der Waals surface area contributed by atoms with Gasteiger partial charge in [-0.25, -0.2) is 9.59 Å². The average molecular weight is 946 g/mol. The molecule has 3 aromatic carbocycles. The van der Waals surface area contributed by atoms with Gasteiger partial charge < -0.3 is 45.4 Å². The molecule has 3 saturated heterocycles. The lowest BCUT2D eigenvalue weighted by Crippen LogP contribution is -2.58. The van der Waals surface area contributed by atoms with Gasteiger partial charge in [0.1, 0.15) is 24.2 Å². The Balaban J connectivity index is 0.987. The van der Waals surface area contributed by atoms with Crippen molar-refractivity contribution in [3.8, 4) is 0 Å². The van der Waals surface area contributed by atoms with Crippen LogP contribution in [-0.2, 0) is 34.1 Å². The molecule has 5 aliphatic rings. The fourth-order valence-corrected chi connectivity index (χ4v) is 12.0. The quantitative estimate of drug-likeness (QED) is 0.131. The molecule has 6 amide bonds. The number of rotatable bonds is 13. The molecule has 3 aliphatic heterocycles. The van der Waals surface area contributed by atoms with Crippen molar-refractivity contribution >= 4 is 52.9 Å². The lowest BCUT2D eigenvalue weighted by molar-refractivity contribution is -0.143. The summed E-state index contributed by atoms with van der Waals surface area (Å²) in [4.78, 5) is 86.5. The Morgan fingerprint density at radius 3 is 1.29 bits per heavy atom. The summed E-state index contributed by atoms with van der Waals surface area (Å²) >= 11 is 0. The van der Waals surface area contributed by atoms with E-state index in [-0.39, 0.29) is 76.9 Å². The number of likely N-dealkylation sites (tertiary alicyclic amines) is 2. The number of nitrogens with one attached hydrogen (secondary N) is 4. The van der Waals surface area contributed by atoms with Gasteiger partial charge in [-0.05, 0) is 134 Å². The Labute approximate surface area is 406 Å². The van der Waals surface area contributed by atoms with E-state index in [0.29, 0.717) is 11.4 Å². The fourth-order valence-electron chi connectivity index (χ4n) is 12.0. The molecule has 69 heavy (non-hydrogen) atoms. The van der Waals surface area contributed by atoms with Crippen LogP contribution in [0.25, 0.3) is 0 Å². The number of hydrogen-bond donors (Lipinski definition) is 4. The van der Waals surface area contributed by atoms with Crippen LogP contribution < -0.4 is 26.2 Å². The standard InChI is InChI=1S/C54H71N7O8/c1-30(2)44(57-52(66)68-8)50(64)60-40-22-14-34(28-40)46(60)48(62)55-37-18-10-32(11-19-37)42-26-27-43(59(42)39-24-16-36(17-25-39)54(5,6)7)33-12-20-38(21-13-33)56-49(63)47-35-15-23-41(29-35)61(47)51(65)45(31(3)4)58-53(67)69-9/h10-13,16-21,24-25,30-31,34-35,40-47H,14-15,22-23,26-29H2,1-9H3,(H,55,62)(H,56,63)(H,57,66)(H,58,67)/t34?,35?,40?,41?,42-,43-,44-,45-,46-,47-/m0/s1. The molecule has 8 rings (SSSR count). The lowest BCUT2D eigenvalue weighted by Gasteiger charge is -2.37. The van der Waals surface area contributed by atoms with E-state index in [0.717, 1.165) is 68.2 Å². The summed E-state index contributed by atoms with van der Waals surface area (Å²) in [6, 6.07) is 22.0. The molecule has 4 unspecified atom stereocenters. The molecule has 0 radical (unpaired) electrons. The van der Waals surface area contributed by atoms with Crippen molar-refractivity contribution in [3.63, 3.8) is 0 Å². The van der Waals surface area contributed by atoms with E-state index in [1.54, 1.807) is 9.80 Å². The molecule has 0 aromatic heterocycles. The van der Waals surface area contributed by atoms with Crippen molar-refractivity contribution in [2.45, 2.75) is 154 Å². The van der Waals surface area contributed by atoms with Gasteiger partial charge in [-0.3, -0.25) is 19.2 Å². The number of alkyl carbamates (subject to hydrolysis) is 2. The zero-order valence-electron chi connectivity index (χ0n) is 41.6. The van der Waals surface area contributed by atoms with Crippen LogP contribution in [0.5, 0.6) is 0 Å². The number of ether oxygens (including phenoxy) is 2. The predicted molar refractivity (Wildman–Crippen MR) is 264 cm³/mol. The lowest BCUT2D eigenvalue weighted by atomic mass is 9.87. The van der Waals surface area contributed by atoms with Gasteiger partial charge in [0.15, 0.2) is 0 Å². The molecule has 15 nitrogen and oxygen atoms in total. The van der Waals surface area contributed by atoms with E-state index >= 15 is 0 Å². The van der Waals surface area contributed by atoms with Crippen molar-refractivity contribution in [1.82, 2.24) is 20.4 Å². The Hall–Kier alpha value is -6.12. The van der Waals surface area contributed by atoms with Gasteiger partial charge in [-0.1, -0.05) is 84.9 Å². The van der Waals surface area contributed by atoms with E-state index in [9.17, 15) is 28.8 Å². The van der Waals surface area contributed by atoms with Crippen LogP contribution in [0, 0.1) is 23.7 Å². The minimum Gasteiger partial charge on any atom is -0.453 e. The third-order valence-corrected chi connectivity index (χ3v) is 15.5. The summed E-state index contributed by atoms with van der Waals surface area (Å²) in [6.07, 6.45) is 5.34.